The van der Waals surface area contributed by atoms with Crippen LogP contribution in [0.25, 0.3) is 0 Å². The van der Waals surface area contributed by atoms with E-state index in [-0.39, 0.29) is 17.6 Å². The fraction of sp³-hybridized carbons (Fsp3) is 0.417. The van der Waals surface area contributed by atoms with Gasteiger partial charge in [-0.25, -0.2) is 9.78 Å². The first-order chi connectivity index (χ1) is 8.09. The van der Waals surface area contributed by atoms with Crippen LogP contribution in [0.2, 0.25) is 0 Å². The molecule has 1 N–H and O–H groups in total. The highest BCUT2D eigenvalue weighted by Gasteiger charge is 2.26. The second kappa shape index (κ2) is 4.53. The maximum atomic E-state index is 12.1. The monoisotopic (exact) mass is 234 g/mol. The van der Waals surface area contributed by atoms with Crippen molar-refractivity contribution in [1.29, 1.82) is 0 Å². The van der Waals surface area contributed by atoms with Gasteiger partial charge in [-0.05, 0) is 31.9 Å². The Bertz CT molecular complexity index is 459. The summed E-state index contributed by atoms with van der Waals surface area (Å²) >= 11 is 0. The van der Waals surface area contributed by atoms with Gasteiger partial charge in [-0.1, -0.05) is 0 Å². The highest BCUT2D eigenvalue weighted by molar-refractivity contribution is 5.96. The van der Waals surface area contributed by atoms with Gasteiger partial charge in [-0.3, -0.25) is 4.79 Å². The maximum absolute atomic E-state index is 12.1. The minimum Gasteiger partial charge on any atom is -0.477 e. The summed E-state index contributed by atoms with van der Waals surface area (Å²) in [5.74, 6) is -1.23. The van der Waals surface area contributed by atoms with Crippen LogP contribution >= 0.6 is 0 Å². The van der Waals surface area contributed by atoms with Crippen molar-refractivity contribution in [2.45, 2.75) is 25.8 Å². The topological polar surface area (TPSA) is 70.5 Å². The zero-order valence-electron chi connectivity index (χ0n) is 9.59. The van der Waals surface area contributed by atoms with E-state index >= 15 is 0 Å². The summed E-state index contributed by atoms with van der Waals surface area (Å²) in [4.78, 5) is 28.4. The van der Waals surface area contributed by atoms with Crippen molar-refractivity contribution in [2.24, 2.45) is 0 Å². The van der Waals surface area contributed by atoms with E-state index in [2.05, 4.69) is 4.98 Å². The predicted molar refractivity (Wildman–Crippen MR) is 60.9 cm³/mol. The van der Waals surface area contributed by atoms with Crippen molar-refractivity contribution in [3.8, 4) is 0 Å². The van der Waals surface area contributed by atoms with Crippen LogP contribution in [0.5, 0.6) is 0 Å². The van der Waals surface area contributed by atoms with Gasteiger partial charge in [0.1, 0.15) is 5.69 Å². The number of hydrogen-bond donors (Lipinski definition) is 1. The van der Waals surface area contributed by atoms with Crippen molar-refractivity contribution in [3.05, 3.63) is 29.6 Å². The van der Waals surface area contributed by atoms with E-state index in [4.69, 9.17) is 5.11 Å². The Hall–Kier alpha value is -1.91. The number of aromatic nitrogens is 1. The Morgan fingerprint density at radius 1 is 1.53 bits per heavy atom. The average Bonchev–Trinajstić information content (AvgIpc) is 2.74. The van der Waals surface area contributed by atoms with Gasteiger partial charge in [0.15, 0.2) is 0 Å². The van der Waals surface area contributed by atoms with Crippen molar-refractivity contribution < 1.29 is 14.7 Å². The number of amides is 1. The molecule has 1 aliphatic rings. The minimum atomic E-state index is -1.12. The van der Waals surface area contributed by atoms with Crippen LogP contribution in [-0.2, 0) is 0 Å². The van der Waals surface area contributed by atoms with Gasteiger partial charge < -0.3 is 10.0 Å². The number of hydrogen-bond acceptors (Lipinski definition) is 3. The summed E-state index contributed by atoms with van der Waals surface area (Å²) in [7, 11) is 0. The lowest BCUT2D eigenvalue weighted by atomic mass is 10.2. The number of rotatable bonds is 2. The van der Waals surface area contributed by atoms with Gasteiger partial charge in [0, 0.05) is 24.3 Å². The third-order valence-corrected chi connectivity index (χ3v) is 3.04. The third-order valence-electron chi connectivity index (χ3n) is 3.04. The van der Waals surface area contributed by atoms with Crippen LogP contribution < -0.4 is 0 Å². The van der Waals surface area contributed by atoms with Crippen LogP contribution in [-0.4, -0.2) is 39.5 Å². The second-order valence-electron chi connectivity index (χ2n) is 4.22. The minimum absolute atomic E-state index is 0.0947. The predicted octanol–water partition coefficient (Wildman–Crippen LogP) is 1.40. The van der Waals surface area contributed by atoms with Gasteiger partial charge in [0.2, 0.25) is 0 Å². The molecular weight excluding hydrogens is 220 g/mol. The van der Waals surface area contributed by atoms with Crippen molar-refractivity contribution in [1.82, 2.24) is 9.88 Å². The van der Waals surface area contributed by atoms with E-state index in [0.717, 1.165) is 19.4 Å². The summed E-state index contributed by atoms with van der Waals surface area (Å²) in [6.45, 7) is 2.74. The third kappa shape index (κ3) is 2.27. The molecule has 0 aromatic carbocycles. The highest BCUT2D eigenvalue weighted by Crippen LogP contribution is 2.19. The van der Waals surface area contributed by atoms with E-state index in [9.17, 15) is 9.59 Å². The van der Waals surface area contributed by atoms with Crippen molar-refractivity contribution in [3.63, 3.8) is 0 Å². The highest BCUT2D eigenvalue weighted by atomic mass is 16.4. The van der Waals surface area contributed by atoms with E-state index in [1.807, 2.05) is 6.92 Å². The Balaban J connectivity index is 2.24. The number of carbonyl (C=O) groups excluding carboxylic acids is 1. The van der Waals surface area contributed by atoms with Crippen molar-refractivity contribution >= 4 is 11.9 Å². The van der Waals surface area contributed by atoms with Gasteiger partial charge in [0.05, 0.1) is 0 Å². The largest absolute Gasteiger partial charge is 0.477 e. The molecule has 1 fully saturated rings. The lowest BCUT2D eigenvalue weighted by Crippen LogP contribution is -2.33. The molecule has 1 aliphatic heterocycles. The number of pyridine rings is 1. The molecule has 1 aromatic heterocycles. The molecule has 2 rings (SSSR count). The van der Waals surface area contributed by atoms with Gasteiger partial charge >= 0.3 is 5.97 Å². The standard InChI is InChI=1S/C12H14N2O3/c1-8-3-2-6-14(8)11(15)9-4-5-13-10(7-9)12(16)17/h4-5,7-8H,2-3,6H2,1H3,(H,16,17). The molecule has 5 nitrogen and oxygen atoms in total. The maximum Gasteiger partial charge on any atom is 0.354 e. The quantitative estimate of drug-likeness (QED) is 0.839. The molecule has 1 atom stereocenters. The molecule has 0 spiro atoms. The van der Waals surface area contributed by atoms with E-state index in [0.29, 0.717) is 5.56 Å². The first-order valence-electron chi connectivity index (χ1n) is 5.60. The first-order valence-corrected chi connectivity index (χ1v) is 5.60. The molecule has 1 unspecified atom stereocenters. The smallest absolute Gasteiger partial charge is 0.354 e. The Kier molecular flexibility index (Phi) is 3.08. The van der Waals surface area contributed by atoms with Gasteiger partial charge in [-0.2, -0.15) is 0 Å². The van der Waals surface area contributed by atoms with E-state index < -0.39 is 5.97 Å². The zero-order chi connectivity index (χ0) is 12.4. The fourth-order valence-corrected chi connectivity index (χ4v) is 2.08. The molecule has 17 heavy (non-hydrogen) atoms. The molecule has 90 valence electrons. The number of nitrogens with zero attached hydrogens (tertiary/aromatic N) is 2. The normalized spacial score (nSPS) is 19.4. The Morgan fingerprint density at radius 2 is 2.29 bits per heavy atom. The number of aromatic carboxylic acids is 1. The average molecular weight is 234 g/mol. The van der Waals surface area contributed by atoms with Crippen LogP contribution in [0.3, 0.4) is 0 Å². The van der Waals surface area contributed by atoms with Crippen LogP contribution in [0.4, 0.5) is 0 Å². The molecule has 1 aromatic rings. The SMILES string of the molecule is CC1CCCN1C(=O)c1ccnc(C(=O)O)c1. The van der Waals surface area contributed by atoms with Crippen LogP contribution in [0.1, 0.15) is 40.6 Å². The molecule has 1 amide bonds. The molecule has 0 radical (unpaired) electrons. The van der Waals surface area contributed by atoms with E-state index in [1.165, 1.54) is 12.3 Å². The number of carbonyl (C=O) groups is 2. The summed E-state index contributed by atoms with van der Waals surface area (Å²) in [5.41, 5.74) is 0.300. The zero-order valence-corrected chi connectivity index (χ0v) is 9.59. The Morgan fingerprint density at radius 3 is 2.88 bits per heavy atom. The molecular formula is C12H14N2O3. The Labute approximate surface area is 99.1 Å². The molecule has 0 bridgehead atoms. The lowest BCUT2D eigenvalue weighted by molar-refractivity contribution is 0.0690. The lowest BCUT2D eigenvalue weighted by Gasteiger charge is -2.21. The van der Waals surface area contributed by atoms with Gasteiger partial charge in [-0.15, -0.1) is 0 Å². The number of carboxylic acid groups (broad SMARTS) is 1. The summed E-state index contributed by atoms with van der Waals surface area (Å²) in [6, 6.07) is 3.11. The molecule has 5 heteroatoms. The number of likely N-dealkylation sites (tertiary alicyclic amines) is 1. The molecule has 2 heterocycles. The molecule has 1 saturated heterocycles. The van der Waals surface area contributed by atoms with Crippen LogP contribution in [0.15, 0.2) is 18.3 Å². The van der Waals surface area contributed by atoms with Gasteiger partial charge in [0.25, 0.3) is 5.91 Å². The summed E-state index contributed by atoms with van der Waals surface area (Å²) in [5, 5.41) is 8.82. The molecule has 0 aliphatic carbocycles. The van der Waals surface area contributed by atoms with Crippen molar-refractivity contribution in [2.75, 3.05) is 6.54 Å². The van der Waals surface area contributed by atoms with E-state index in [1.54, 1.807) is 11.0 Å². The second-order valence-corrected chi connectivity index (χ2v) is 4.22. The first kappa shape index (κ1) is 11.6. The summed E-state index contributed by atoms with van der Waals surface area (Å²) in [6.07, 6.45) is 3.36. The number of carboxylic acids is 1. The molecule has 0 saturated carbocycles. The van der Waals surface area contributed by atoms with Crippen LogP contribution in [0, 0.1) is 0 Å². The summed E-state index contributed by atoms with van der Waals surface area (Å²) < 4.78 is 0. The fourth-order valence-electron chi connectivity index (χ4n) is 2.08.